The third-order valence-corrected chi connectivity index (χ3v) is 5.07. The fourth-order valence-electron chi connectivity index (χ4n) is 3.61. The average molecular weight is 485 g/mol. The quantitative estimate of drug-likeness (QED) is 0.290. The van der Waals surface area contributed by atoms with Crippen molar-refractivity contribution in [3.8, 4) is 0 Å². The van der Waals surface area contributed by atoms with Gasteiger partial charge in [0, 0.05) is 13.1 Å². The number of hydrogen-bond acceptors (Lipinski definition) is 8. The molecule has 34 heavy (non-hydrogen) atoms. The number of anilines is 2. The highest BCUT2D eigenvalue weighted by Gasteiger charge is 2.38. The van der Waals surface area contributed by atoms with Crippen molar-refractivity contribution in [1.29, 1.82) is 0 Å². The zero-order valence-corrected chi connectivity index (χ0v) is 17.4. The van der Waals surface area contributed by atoms with E-state index in [0.717, 1.165) is 18.5 Å². The molecular weight excluding hydrogens is 466 g/mol. The van der Waals surface area contributed by atoms with Crippen LogP contribution in [0.25, 0.3) is 0 Å². The number of alkyl halides is 3. The smallest absolute Gasteiger partial charge is 0.368 e. The van der Waals surface area contributed by atoms with Gasteiger partial charge in [0.1, 0.15) is 18.2 Å². The third-order valence-electron chi connectivity index (χ3n) is 5.07. The molecule has 1 aromatic heterocycles. The molecule has 0 radical (unpaired) electrons. The Balaban J connectivity index is 1.90. The van der Waals surface area contributed by atoms with Gasteiger partial charge in [-0.2, -0.15) is 13.2 Å². The monoisotopic (exact) mass is 485 g/mol. The molecule has 3 rings (SSSR count). The number of nitrogens with one attached hydrogen (secondary N) is 2. The summed E-state index contributed by atoms with van der Waals surface area (Å²) in [6, 6.07) is 1.20. The summed E-state index contributed by atoms with van der Waals surface area (Å²) in [7, 11) is 0. The number of hydrogen-bond donors (Lipinski definition) is 3. The molecule has 0 bridgehead atoms. The van der Waals surface area contributed by atoms with Gasteiger partial charge in [-0.3, -0.25) is 19.7 Å². The largest absolute Gasteiger partial charge is 0.416 e. The molecule has 0 saturated carbocycles. The van der Waals surface area contributed by atoms with E-state index in [1.165, 1.54) is 4.90 Å². The number of carbonyl (C=O) groups excluding carboxylic acids is 2. The zero-order valence-electron chi connectivity index (χ0n) is 17.4. The van der Waals surface area contributed by atoms with Gasteiger partial charge < -0.3 is 21.3 Å². The minimum atomic E-state index is -4.84. The van der Waals surface area contributed by atoms with E-state index in [4.69, 9.17) is 5.73 Å². The van der Waals surface area contributed by atoms with Crippen LogP contribution in [0.3, 0.4) is 0 Å². The number of nitro groups is 1. The van der Waals surface area contributed by atoms with Gasteiger partial charge in [0.15, 0.2) is 0 Å². The summed E-state index contributed by atoms with van der Waals surface area (Å²) in [5.41, 5.74) is 2.79. The van der Waals surface area contributed by atoms with Gasteiger partial charge in [-0.05, 0) is 30.5 Å². The number of amides is 2. The Morgan fingerprint density at radius 3 is 2.68 bits per heavy atom. The molecule has 1 aliphatic rings. The summed E-state index contributed by atoms with van der Waals surface area (Å²) in [6.45, 7) is -0.738. The number of rotatable bonds is 8. The number of benzene rings is 1. The molecule has 1 aromatic carbocycles. The number of nitrogens with zero attached hydrogens (tertiary/aromatic N) is 4. The Kier molecular flexibility index (Phi) is 7.12. The molecule has 1 fully saturated rings. The van der Waals surface area contributed by atoms with Gasteiger partial charge in [-0.15, -0.1) is 0 Å². The van der Waals surface area contributed by atoms with Crippen molar-refractivity contribution in [1.82, 2.24) is 15.3 Å². The van der Waals surface area contributed by atoms with Crippen molar-refractivity contribution in [2.75, 3.05) is 23.3 Å². The first-order chi connectivity index (χ1) is 16.0. The summed E-state index contributed by atoms with van der Waals surface area (Å²) in [5.74, 6) is -3.03. The lowest BCUT2D eigenvalue weighted by molar-refractivity contribution is -0.383. The number of halogens is 4. The second kappa shape index (κ2) is 9.84. The molecule has 1 saturated heterocycles. The van der Waals surface area contributed by atoms with Crippen LogP contribution in [-0.4, -0.2) is 45.8 Å². The lowest BCUT2D eigenvalue weighted by atomic mass is 10.1. The zero-order chi connectivity index (χ0) is 25.0. The second-order valence-corrected chi connectivity index (χ2v) is 7.34. The number of carbonyl (C=O) groups is 2. The molecule has 11 nitrogen and oxygen atoms in total. The van der Waals surface area contributed by atoms with Crippen LogP contribution in [0, 0.1) is 15.9 Å². The Morgan fingerprint density at radius 2 is 2.03 bits per heavy atom. The number of nitrogens with two attached hydrogens (primary N) is 1. The molecule has 4 N–H and O–H groups in total. The van der Waals surface area contributed by atoms with Crippen molar-refractivity contribution in [3.05, 3.63) is 51.6 Å². The van der Waals surface area contributed by atoms with Gasteiger partial charge in [0.05, 0.1) is 17.0 Å². The van der Waals surface area contributed by atoms with Crippen LogP contribution in [0.2, 0.25) is 0 Å². The normalized spacial score (nSPS) is 15.8. The van der Waals surface area contributed by atoms with E-state index >= 15 is 0 Å². The van der Waals surface area contributed by atoms with Crippen LogP contribution in [0.5, 0.6) is 0 Å². The summed E-state index contributed by atoms with van der Waals surface area (Å²) in [4.78, 5) is 43.5. The second-order valence-electron chi connectivity index (χ2n) is 7.34. The van der Waals surface area contributed by atoms with Gasteiger partial charge in [-0.1, -0.05) is 6.07 Å². The molecule has 1 atom stereocenters. The summed E-state index contributed by atoms with van der Waals surface area (Å²) >= 11 is 0. The molecule has 1 unspecified atom stereocenters. The highest BCUT2D eigenvalue weighted by Crippen LogP contribution is 2.37. The predicted octanol–water partition coefficient (Wildman–Crippen LogP) is 1.73. The maximum atomic E-state index is 13.3. The van der Waals surface area contributed by atoms with Crippen molar-refractivity contribution < 1.29 is 32.1 Å². The molecular formula is C19H19F4N7O4. The Bertz CT molecular complexity index is 1110. The Labute approximate surface area is 189 Å². The minimum Gasteiger partial charge on any atom is -0.368 e. The van der Waals surface area contributed by atoms with E-state index in [1.807, 2.05) is 0 Å². The molecule has 0 spiro atoms. The van der Waals surface area contributed by atoms with E-state index in [1.54, 1.807) is 0 Å². The number of primary amides is 1. The standard InChI is InChI=1S/C19H19F4N7O4/c20-11-4-3-10(12(6-11)19(21,22)23)7-25-16-15(30(33)34)17(28-9-27-16)29-5-1-2-13(29)18(32)26-8-14(24)31/h3-4,6,9,13H,1-2,5,7-8H2,(H2,24,31)(H,26,32)(H,25,27,28). The minimum absolute atomic E-state index is 0.214. The molecule has 1 aliphatic heterocycles. The number of aromatic nitrogens is 2. The highest BCUT2D eigenvalue weighted by molar-refractivity contribution is 5.90. The van der Waals surface area contributed by atoms with Crippen LogP contribution in [0.4, 0.5) is 34.9 Å². The highest BCUT2D eigenvalue weighted by atomic mass is 19.4. The maximum Gasteiger partial charge on any atom is 0.416 e. The lowest BCUT2D eigenvalue weighted by Crippen LogP contribution is -2.46. The SMILES string of the molecule is NC(=O)CNC(=O)C1CCCN1c1ncnc(NCc2ccc(F)cc2C(F)(F)F)c1[N+](=O)[O-]. The van der Waals surface area contributed by atoms with Gasteiger partial charge >= 0.3 is 11.9 Å². The molecule has 15 heteroatoms. The third kappa shape index (κ3) is 5.47. The lowest BCUT2D eigenvalue weighted by Gasteiger charge is -2.24. The molecule has 182 valence electrons. The molecule has 0 aliphatic carbocycles. The van der Waals surface area contributed by atoms with Crippen LogP contribution in [0.1, 0.15) is 24.0 Å². The van der Waals surface area contributed by atoms with E-state index in [0.29, 0.717) is 18.9 Å². The fraction of sp³-hybridized carbons (Fsp3) is 0.368. The Hall–Kier alpha value is -4.04. The van der Waals surface area contributed by atoms with Crippen molar-refractivity contribution in [2.45, 2.75) is 31.6 Å². The van der Waals surface area contributed by atoms with Crippen LogP contribution >= 0.6 is 0 Å². The maximum absolute atomic E-state index is 13.3. The van der Waals surface area contributed by atoms with E-state index in [9.17, 15) is 37.3 Å². The van der Waals surface area contributed by atoms with Crippen LogP contribution in [-0.2, 0) is 22.3 Å². The van der Waals surface area contributed by atoms with Gasteiger partial charge in [0.2, 0.25) is 23.5 Å². The Morgan fingerprint density at radius 1 is 1.29 bits per heavy atom. The van der Waals surface area contributed by atoms with Crippen LogP contribution < -0.4 is 21.3 Å². The first-order valence-corrected chi connectivity index (χ1v) is 9.90. The molecule has 2 heterocycles. The van der Waals surface area contributed by atoms with Crippen LogP contribution in [0.15, 0.2) is 24.5 Å². The average Bonchev–Trinajstić information content (AvgIpc) is 3.25. The first-order valence-electron chi connectivity index (χ1n) is 9.90. The van der Waals surface area contributed by atoms with E-state index < -0.39 is 59.1 Å². The van der Waals surface area contributed by atoms with Gasteiger partial charge in [0.25, 0.3) is 0 Å². The first kappa shape index (κ1) is 24.6. The topological polar surface area (TPSA) is 156 Å². The van der Waals surface area contributed by atoms with Crippen molar-refractivity contribution in [2.24, 2.45) is 5.73 Å². The van der Waals surface area contributed by atoms with Gasteiger partial charge in [-0.25, -0.2) is 14.4 Å². The molecule has 2 aromatic rings. The summed E-state index contributed by atoms with van der Waals surface area (Å²) < 4.78 is 53.1. The summed E-state index contributed by atoms with van der Waals surface area (Å²) in [6.07, 6.45) is -3.07. The predicted molar refractivity (Wildman–Crippen MR) is 110 cm³/mol. The fourth-order valence-corrected chi connectivity index (χ4v) is 3.61. The van der Waals surface area contributed by atoms with Crippen molar-refractivity contribution in [3.63, 3.8) is 0 Å². The summed E-state index contributed by atoms with van der Waals surface area (Å²) in [5, 5.41) is 16.7. The van der Waals surface area contributed by atoms with Crippen molar-refractivity contribution >= 4 is 29.1 Å². The van der Waals surface area contributed by atoms with E-state index in [2.05, 4.69) is 20.6 Å². The molecule has 2 amide bonds. The van der Waals surface area contributed by atoms with E-state index in [-0.39, 0.29) is 23.7 Å².